The molecule has 1 fully saturated rings. The third kappa shape index (κ3) is 3.72. The molecule has 2 unspecified atom stereocenters. The highest BCUT2D eigenvalue weighted by Gasteiger charge is 2.25. The van der Waals surface area contributed by atoms with Gasteiger partial charge in [-0.25, -0.2) is 4.39 Å². The SMILES string of the molecule is CC(C(=O)c1ccc(F)cc1)S(=O)CC1CCCC1. The van der Waals surface area contributed by atoms with Crippen LogP contribution in [0.4, 0.5) is 4.39 Å². The van der Waals surface area contributed by atoms with Crippen molar-refractivity contribution in [1.29, 1.82) is 0 Å². The number of benzene rings is 1. The molecule has 1 aromatic carbocycles. The van der Waals surface area contributed by atoms with Crippen molar-refractivity contribution in [2.75, 3.05) is 5.75 Å². The minimum Gasteiger partial charge on any atom is -0.293 e. The number of hydrogen-bond donors (Lipinski definition) is 0. The van der Waals surface area contributed by atoms with Gasteiger partial charge in [-0.1, -0.05) is 12.8 Å². The molecule has 0 spiro atoms. The van der Waals surface area contributed by atoms with Crippen molar-refractivity contribution in [2.45, 2.75) is 37.9 Å². The minimum absolute atomic E-state index is 0.156. The third-order valence-corrected chi connectivity index (χ3v) is 5.57. The lowest BCUT2D eigenvalue weighted by molar-refractivity contribution is 0.0992. The second-order valence-corrected chi connectivity index (χ2v) is 7.01. The second kappa shape index (κ2) is 6.42. The number of Topliss-reactive ketones (excluding diaryl/α,β-unsaturated/α-hetero) is 1. The second-order valence-electron chi connectivity index (χ2n) is 5.21. The zero-order chi connectivity index (χ0) is 13.8. The van der Waals surface area contributed by atoms with E-state index in [1.165, 1.54) is 37.1 Å². The molecule has 0 heterocycles. The van der Waals surface area contributed by atoms with Gasteiger partial charge < -0.3 is 0 Å². The van der Waals surface area contributed by atoms with Crippen LogP contribution in [0.15, 0.2) is 24.3 Å². The number of carbonyl (C=O) groups excluding carboxylic acids is 1. The topological polar surface area (TPSA) is 34.1 Å². The fourth-order valence-electron chi connectivity index (χ4n) is 2.52. The number of hydrogen-bond acceptors (Lipinski definition) is 2. The van der Waals surface area contributed by atoms with E-state index < -0.39 is 16.0 Å². The molecule has 0 radical (unpaired) electrons. The summed E-state index contributed by atoms with van der Waals surface area (Å²) in [6, 6.07) is 5.45. The molecule has 104 valence electrons. The van der Waals surface area contributed by atoms with Gasteiger partial charge in [0.05, 0.1) is 5.25 Å². The molecule has 0 N–H and O–H groups in total. The summed E-state index contributed by atoms with van der Waals surface area (Å²) in [5, 5.41) is -0.508. The Morgan fingerprint density at radius 1 is 1.32 bits per heavy atom. The normalized spacial score (nSPS) is 19.3. The van der Waals surface area contributed by atoms with E-state index in [1.54, 1.807) is 6.92 Å². The van der Waals surface area contributed by atoms with E-state index in [4.69, 9.17) is 0 Å². The summed E-state index contributed by atoms with van der Waals surface area (Å²) in [4.78, 5) is 12.2. The summed E-state index contributed by atoms with van der Waals surface area (Å²) in [6.07, 6.45) is 4.68. The van der Waals surface area contributed by atoms with Gasteiger partial charge in [0.1, 0.15) is 5.82 Å². The van der Waals surface area contributed by atoms with Crippen molar-refractivity contribution in [3.63, 3.8) is 0 Å². The van der Waals surface area contributed by atoms with Gasteiger partial charge in [0.25, 0.3) is 0 Å². The first-order valence-electron chi connectivity index (χ1n) is 6.75. The quantitative estimate of drug-likeness (QED) is 0.776. The van der Waals surface area contributed by atoms with Crippen LogP contribution in [0, 0.1) is 11.7 Å². The van der Waals surface area contributed by atoms with Crippen LogP contribution in [0.1, 0.15) is 43.0 Å². The Hall–Kier alpha value is -1.03. The lowest BCUT2D eigenvalue weighted by Crippen LogP contribution is -2.26. The molecule has 2 nitrogen and oxygen atoms in total. The van der Waals surface area contributed by atoms with Crippen molar-refractivity contribution in [3.05, 3.63) is 35.6 Å². The highest BCUT2D eigenvalue weighted by molar-refractivity contribution is 7.86. The van der Waals surface area contributed by atoms with Crippen LogP contribution in [-0.2, 0) is 10.8 Å². The van der Waals surface area contributed by atoms with Crippen molar-refractivity contribution in [2.24, 2.45) is 5.92 Å². The van der Waals surface area contributed by atoms with Crippen LogP contribution < -0.4 is 0 Å². The molecular formula is C15H19FO2S. The highest BCUT2D eigenvalue weighted by Crippen LogP contribution is 2.26. The standard InChI is InChI=1S/C15H19FO2S/c1-11(19(18)10-12-4-2-3-5-12)15(17)13-6-8-14(16)9-7-13/h6-9,11-12H,2-5,10H2,1H3. The van der Waals surface area contributed by atoms with Crippen LogP contribution in [0.25, 0.3) is 0 Å². The van der Waals surface area contributed by atoms with Gasteiger partial charge in [-0.2, -0.15) is 0 Å². The van der Waals surface area contributed by atoms with Crippen LogP contribution in [0.3, 0.4) is 0 Å². The van der Waals surface area contributed by atoms with E-state index in [0.29, 0.717) is 17.2 Å². The van der Waals surface area contributed by atoms with Gasteiger partial charge in [0, 0.05) is 22.1 Å². The predicted octanol–water partition coefficient (Wildman–Crippen LogP) is 3.34. The van der Waals surface area contributed by atoms with Gasteiger partial charge in [-0.05, 0) is 49.9 Å². The van der Waals surface area contributed by atoms with E-state index >= 15 is 0 Å². The van der Waals surface area contributed by atoms with Crippen LogP contribution >= 0.6 is 0 Å². The van der Waals surface area contributed by atoms with E-state index in [0.717, 1.165) is 12.8 Å². The first kappa shape index (κ1) is 14.4. The average molecular weight is 282 g/mol. The van der Waals surface area contributed by atoms with E-state index in [-0.39, 0.29) is 11.6 Å². The monoisotopic (exact) mass is 282 g/mol. The molecule has 0 aliphatic heterocycles. The highest BCUT2D eigenvalue weighted by atomic mass is 32.2. The van der Waals surface area contributed by atoms with Crippen molar-refractivity contribution >= 4 is 16.6 Å². The molecule has 2 rings (SSSR count). The molecular weight excluding hydrogens is 263 g/mol. The Morgan fingerprint density at radius 3 is 2.47 bits per heavy atom. The van der Waals surface area contributed by atoms with Gasteiger partial charge in [-0.15, -0.1) is 0 Å². The Kier molecular flexibility index (Phi) is 4.86. The van der Waals surface area contributed by atoms with Crippen LogP contribution in [0.5, 0.6) is 0 Å². The number of halogens is 1. The first-order chi connectivity index (χ1) is 9.08. The minimum atomic E-state index is -1.13. The molecule has 1 aliphatic rings. The van der Waals surface area contributed by atoms with Crippen molar-refractivity contribution in [3.8, 4) is 0 Å². The molecule has 4 heteroatoms. The first-order valence-corrected chi connectivity index (χ1v) is 8.13. The zero-order valence-electron chi connectivity index (χ0n) is 11.1. The molecule has 0 bridgehead atoms. The molecule has 1 saturated carbocycles. The van der Waals surface area contributed by atoms with E-state index in [2.05, 4.69) is 0 Å². The maximum Gasteiger partial charge on any atom is 0.178 e. The van der Waals surface area contributed by atoms with Gasteiger partial charge in [0.15, 0.2) is 5.78 Å². The Morgan fingerprint density at radius 2 is 1.89 bits per heavy atom. The molecule has 0 saturated heterocycles. The third-order valence-electron chi connectivity index (χ3n) is 3.77. The average Bonchev–Trinajstić information content (AvgIpc) is 2.90. The van der Waals surface area contributed by atoms with Gasteiger partial charge in [0.2, 0.25) is 0 Å². The summed E-state index contributed by atoms with van der Waals surface area (Å²) >= 11 is 0. The number of carbonyl (C=O) groups is 1. The largest absolute Gasteiger partial charge is 0.293 e. The van der Waals surface area contributed by atoms with Crippen LogP contribution in [-0.4, -0.2) is 21.0 Å². The maximum absolute atomic E-state index is 12.8. The summed E-state index contributed by atoms with van der Waals surface area (Å²) in [7, 11) is -1.13. The Balaban J connectivity index is 1.97. The smallest absolute Gasteiger partial charge is 0.178 e. The fourth-order valence-corrected chi connectivity index (χ4v) is 3.98. The van der Waals surface area contributed by atoms with E-state index in [1.807, 2.05) is 0 Å². The fraction of sp³-hybridized carbons (Fsp3) is 0.533. The molecule has 1 aliphatic carbocycles. The number of rotatable bonds is 5. The van der Waals surface area contributed by atoms with Crippen molar-refractivity contribution in [1.82, 2.24) is 0 Å². The molecule has 0 aromatic heterocycles. The summed E-state index contributed by atoms with van der Waals surface area (Å²) in [5.41, 5.74) is 0.439. The summed E-state index contributed by atoms with van der Waals surface area (Å²) in [6.45, 7) is 1.71. The predicted molar refractivity (Wildman–Crippen MR) is 75.2 cm³/mol. The number of ketones is 1. The summed E-state index contributed by atoms with van der Waals surface area (Å²) in [5.74, 6) is 0.602. The molecule has 19 heavy (non-hydrogen) atoms. The molecule has 1 aromatic rings. The molecule has 0 amide bonds. The zero-order valence-corrected chi connectivity index (χ0v) is 11.9. The molecule has 2 atom stereocenters. The van der Waals surface area contributed by atoms with Crippen LogP contribution in [0.2, 0.25) is 0 Å². The van der Waals surface area contributed by atoms with Crippen molar-refractivity contribution < 1.29 is 13.4 Å². The van der Waals surface area contributed by atoms with Gasteiger partial charge >= 0.3 is 0 Å². The van der Waals surface area contributed by atoms with E-state index in [9.17, 15) is 13.4 Å². The summed E-state index contributed by atoms with van der Waals surface area (Å²) < 4.78 is 25.0. The van der Waals surface area contributed by atoms with Gasteiger partial charge in [-0.3, -0.25) is 9.00 Å². The Labute approximate surface area is 115 Å². The maximum atomic E-state index is 12.8. The lowest BCUT2D eigenvalue weighted by Gasteiger charge is -2.14. The lowest BCUT2D eigenvalue weighted by atomic mass is 10.1. The Bertz CT molecular complexity index is 464.